The zero-order valence-corrected chi connectivity index (χ0v) is 10.2. The maximum Gasteiger partial charge on any atom is 0.146 e. The Hall–Kier alpha value is -0.120. The highest BCUT2D eigenvalue weighted by molar-refractivity contribution is 9.10. The first kappa shape index (κ1) is 11.0. The number of allylic oxidation sites excluding steroid dienone is 1. The quantitative estimate of drug-likeness (QED) is 0.600. The molecule has 0 unspecified atom stereocenters. The highest BCUT2D eigenvalue weighted by atomic mass is 79.9. The SMILES string of the molecule is CCC(C=O)=Cc1cc(Br)c(Cl)s1. The molecule has 1 aromatic heterocycles. The number of hydrogen-bond donors (Lipinski definition) is 0. The van der Waals surface area contributed by atoms with Gasteiger partial charge in [-0.2, -0.15) is 0 Å². The lowest BCUT2D eigenvalue weighted by Crippen LogP contribution is -1.79. The first-order chi connectivity index (χ1) is 6.17. The van der Waals surface area contributed by atoms with Crippen molar-refractivity contribution in [1.29, 1.82) is 0 Å². The van der Waals surface area contributed by atoms with Crippen LogP contribution in [0.1, 0.15) is 18.2 Å². The van der Waals surface area contributed by atoms with Crippen molar-refractivity contribution in [1.82, 2.24) is 0 Å². The molecule has 1 aromatic rings. The van der Waals surface area contributed by atoms with Crippen molar-refractivity contribution in [3.8, 4) is 0 Å². The molecule has 0 radical (unpaired) electrons. The number of halogens is 2. The lowest BCUT2D eigenvalue weighted by atomic mass is 10.2. The molecule has 0 bridgehead atoms. The topological polar surface area (TPSA) is 17.1 Å². The van der Waals surface area contributed by atoms with E-state index in [-0.39, 0.29) is 0 Å². The number of rotatable bonds is 3. The Morgan fingerprint density at radius 2 is 2.46 bits per heavy atom. The zero-order valence-electron chi connectivity index (χ0n) is 7.01. The van der Waals surface area contributed by atoms with Gasteiger partial charge in [0.2, 0.25) is 0 Å². The Labute approximate surface area is 94.5 Å². The largest absolute Gasteiger partial charge is 0.298 e. The van der Waals surface area contributed by atoms with Crippen LogP contribution in [0.2, 0.25) is 4.34 Å². The lowest BCUT2D eigenvalue weighted by molar-refractivity contribution is -0.104. The van der Waals surface area contributed by atoms with Crippen LogP contribution in [0.5, 0.6) is 0 Å². The minimum Gasteiger partial charge on any atom is -0.298 e. The lowest BCUT2D eigenvalue weighted by Gasteiger charge is -1.89. The van der Waals surface area contributed by atoms with Crippen molar-refractivity contribution in [2.75, 3.05) is 0 Å². The van der Waals surface area contributed by atoms with E-state index >= 15 is 0 Å². The molecule has 0 spiro atoms. The van der Waals surface area contributed by atoms with Gasteiger partial charge in [0.05, 0.1) is 0 Å². The van der Waals surface area contributed by atoms with Crippen LogP contribution in [-0.4, -0.2) is 6.29 Å². The highest BCUT2D eigenvalue weighted by Crippen LogP contribution is 2.33. The Kier molecular flexibility index (Phi) is 4.16. The standard InChI is InChI=1S/C9H8BrClOS/c1-2-6(5-12)3-7-4-8(10)9(11)13-7/h3-5H,2H2,1H3. The Morgan fingerprint density at radius 1 is 1.77 bits per heavy atom. The second-order valence-electron chi connectivity index (χ2n) is 2.46. The molecule has 0 aliphatic carbocycles. The normalized spacial score (nSPS) is 11.8. The van der Waals surface area contributed by atoms with Crippen LogP contribution in [0.4, 0.5) is 0 Å². The van der Waals surface area contributed by atoms with Gasteiger partial charge in [0.25, 0.3) is 0 Å². The third kappa shape index (κ3) is 2.93. The fourth-order valence-electron chi connectivity index (χ4n) is 0.837. The summed E-state index contributed by atoms with van der Waals surface area (Å²) in [5, 5.41) is 0. The molecule has 0 N–H and O–H groups in total. The van der Waals surface area contributed by atoms with Gasteiger partial charge < -0.3 is 0 Å². The van der Waals surface area contributed by atoms with Crippen molar-refractivity contribution in [2.45, 2.75) is 13.3 Å². The molecular weight excluding hydrogens is 272 g/mol. The summed E-state index contributed by atoms with van der Waals surface area (Å²) in [6.45, 7) is 1.95. The minimum atomic E-state index is 0.715. The van der Waals surface area contributed by atoms with Crippen LogP contribution in [0.25, 0.3) is 6.08 Å². The van der Waals surface area contributed by atoms with E-state index in [1.807, 2.05) is 19.1 Å². The molecule has 0 atom stereocenters. The summed E-state index contributed by atoms with van der Waals surface area (Å²) in [7, 11) is 0. The second kappa shape index (κ2) is 4.94. The van der Waals surface area contributed by atoms with Crippen molar-refractivity contribution >= 4 is 51.2 Å². The molecule has 0 saturated heterocycles. The van der Waals surface area contributed by atoms with Crippen LogP contribution in [0.15, 0.2) is 16.1 Å². The van der Waals surface area contributed by atoms with Crippen LogP contribution in [0.3, 0.4) is 0 Å². The summed E-state index contributed by atoms with van der Waals surface area (Å²) in [5.41, 5.74) is 0.783. The predicted molar refractivity (Wildman–Crippen MR) is 61.4 cm³/mol. The molecule has 1 nitrogen and oxygen atoms in total. The number of carbonyl (C=O) groups excluding carboxylic acids is 1. The fraction of sp³-hybridized carbons (Fsp3) is 0.222. The number of carbonyl (C=O) groups is 1. The third-order valence-electron chi connectivity index (χ3n) is 1.55. The summed E-state index contributed by atoms with van der Waals surface area (Å²) >= 11 is 10.6. The van der Waals surface area contributed by atoms with E-state index in [0.29, 0.717) is 4.34 Å². The molecular formula is C9H8BrClOS. The van der Waals surface area contributed by atoms with E-state index in [1.165, 1.54) is 11.3 Å². The molecule has 13 heavy (non-hydrogen) atoms. The third-order valence-corrected chi connectivity index (χ3v) is 3.97. The van der Waals surface area contributed by atoms with Gasteiger partial charge in [0.15, 0.2) is 0 Å². The zero-order chi connectivity index (χ0) is 9.84. The van der Waals surface area contributed by atoms with E-state index in [0.717, 1.165) is 27.6 Å². The maximum atomic E-state index is 10.5. The van der Waals surface area contributed by atoms with E-state index in [2.05, 4.69) is 15.9 Å². The Morgan fingerprint density at radius 3 is 2.85 bits per heavy atom. The summed E-state index contributed by atoms with van der Waals surface area (Å²) in [6, 6.07) is 1.91. The number of hydrogen-bond acceptors (Lipinski definition) is 2. The van der Waals surface area contributed by atoms with Crippen LogP contribution in [-0.2, 0) is 4.79 Å². The van der Waals surface area contributed by atoms with Gasteiger partial charge in [-0.25, -0.2) is 0 Å². The van der Waals surface area contributed by atoms with E-state index in [9.17, 15) is 4.79 Å². The van der Waals surface area contributed by atoms with Gasteiger partial charge in [-0.05, 0) is 40.1 Å². The van der Waals surface area contributed by atoms with Crippen LogP contribution in [0, 0.1) is 0 Å². The molecule has 0 saturated carbocycles. The van der Waals surface area contributed by atoms with Gasteiger partial charge in [0.1, 0.15) is 10.6 Å². The first-order valence-corrected chi connectivity index (χ1v) is 5.76. The Bertz CT molecular complexity index is 324. The molecule has 0 aliphatic rings. The molecule has 4 heteroatoms. The average Bonchev–Trinajstić information content (AvgIpc) is 2.42. The molecule has 0 fully saturated rings. The van der Waals surface area contributed by atoms with Gasteiger partial charge in [-0.1, -0.05) is 18.5 Å². The van der Waals surface area contributed by atoms with Crippen molar-refractivity contribution in [3.63, 3.8) is 0 Å². The smallest absolute Gasteiger partial charge is 0.146 e. The van der Waals surface area contributed by atoms with E-state index in [1.54, 1.807) is 0 Å². The van der Waals surface area contributed by atoms with Crippen molar-refractivity contribution < 1.29 is 4.79 Å². The minimum absolute atomic E-state index is 0.715. The molecule has 0 amide bonds. The molecule has 1 rings (SSSR count). The molecule has 0 aliphatic heterocycles. The van der Waals surface area contributed by atoms with Crippen molar-refractivity contribution in [2.24, 2.45) is 0 Å². The summed E-state index contributed by atoms with van der Waals surface area (Å²) in [4.78, 5) is 11.5. The highest BCUT2D eigenvalue weighted by Gasteiger charge is 2.02. The van der Waals surface area contributed by atoms with E-state index in [4.69, 9.17) is 11.6 Å². The summed E-state index contributed by atoms with van der Waals surface area (Å²) < 4.78 is 1.60. The van der Waals surface area contributed by atoms with E-state index < -0.39 is 0 Å². The summed E-state index contributed by atoms with van der Waals surface area (Å²) in [6.07, 6.45) is 3.48. The average molecular weight is 280 g/mol. The van der Waals surface area contributed by atoms with Gasteiger partial charge in [-0.3, -0.25) is 4.79 Å². The predicted octanol–water partition coefficient (Wildman–Crippen LogP) is 4.16. The number of aldehydes is 1. The molecule has 70 valence electrons. The first-order valence-electron chi connectivity index (χ1n) is 3.78. The fourth-order valence-corrected chi connectivity index (χ4v) is 2.55. The monoisotopic (exact) mass is 278 g/mol. The molecule has 1 heterocycles. The van der Waals surface area contributed by atoms with Crippen LogP contribution < -0.4 is 0 Å². The molecule has 0 aromatic carbocycles. The van der Waals surface area contributed by atoms with Gasteiger partial charge in [0, 0.05) is 9.35 Å². The maximum absolute atomic E-state index is 10.5. The Balaban J connectivity index is 2.96. The van der Waals surface area contributed by atoms with Gasteiger partial charge >= 0.3 is 0 Å². The van der Waals surface area contributed by atoms with Gasteiger partial charge in [-0.15, -0.1) is 11.3 Å². The summed E-state index contributed by atoms with van der Waals surface area (Å²) in [5.74, 6) is 0. The van der Waals surface area contributed by atoms with Crippen LogP contribution >= 0.6 is 38.9 Å². The number of thiophene rings is 1. The second-order valence-corrected chi connectivity index (χ2v) is 5.00. The van der Waals surface area contributed by atoms with Crippen molar-refractivity contribution in [3.05, 3.63) is 25.3 Å².